The number of carbonyl (C=O) groups is 4. The molecule has 0 aromatic carbocycles. The number of thiazole rings is 1. The number of methoxy groups -OCH3 is 2. The van der Waals surface area contributed by atoms with Crippen molar-refractivity contribution in [1.82, 2.24) is 15.2 Å². The second-order valence-electron chi connectivity index (χ2n) is 7.56. The number of carboxylic acid groups (broad SMARTS) is 1. The second kappa shape index (κ2) is 10.0. The third-order valence-corrected chi connectivity index (χ3v) is 8.10. The molecule has 2 amide bonds. The molecule has 186 valence electrons. The molecule has 2 saturated heterocycles. The van der Waals surface area contributed by atoms with Crippen LogP contribution in [-0.2, 0) is 28.6 Å². The Labute approximate surface area is 201 Å². The van der Waals surface area contributed by atoms with E-state index in [9.17, 15) is 29.5 Å². The first-order valence-electron chi connectivity index (χ1n) is 9.76. The van der Waals surface area contributed by atoms with Crippen molar-refractivity contribution < 1.29 is 43.7 Å². The lowest BCUT2D eigenvalue weighted by molar-refractivity contribution is -0.165. The smallest absolute Gasteiger partial charge is 0.481 e. The molecule has 3 heterocycles. The van der Waals surface area contributed by atoms with Gasteiger partial charge in [-0.15, -0.1) is 23.1 Å². The number of nitrogens with zero attached hydrogens (tertiary/aromatic N) is 3. The highest BCUT2D eigenvalue weighted by atomic mass is 32.2. The molecule has 0 bridgehead atoms. The van der Waals surface area contributed by atoms with Crippen LogP contribution in [0.5, 0.6) is 0 Å². The van der Waals surface area contributed by atoms with Crippen LogP contribution in [0, 0.1) is 5.41 Å². The van der Waals surface area contributed by atoms with Gasteiger partial charge in [-0.05, 0) is 6.92 Å². The van der Waals surface area contributed by atoms with E-state index < -0.39 is 57.8 Å². The number of anilines is 1. The molecule has 2 aliphatic rings. The van der Waals surface area contributed by atoms with Gasteiger partial charge in [0.25, 0.3) is 5.91 Å². The van der Waals surface area contributed by atoms with Gasteiger partial charge in [-0.25, -0.2) is 9.78 Å². The maximum Gasteiger partial charge on any atom is 0.508 e. The number of rotatable bonds is 8. The molecule has 2 aliphatic heterocycles. The van der Waals surface area contributed by atoms with Crippen LogP contribution >= 0.6 is 23.1 Å². The minimum absolute atomic E-state index is 0.0328. The summed E-state index contributed by atoms with van der Waals surface area (Å²) in [5.41, 5.74) is 3.56. The van der Waals surface area contributed by atoms with Crippen LogP contribution in [0.25, 0.3) is 0 Å². The number of carboxylic acids is 1. The van der Waals surface area contributed by atoms with Gasteiger partial charge in [0.05, 0.1) is 19.0 Å². The highest BCUT2D eigenvalue weighted by molar-refractivity contribution is 8.00. The number of fused-ring (bicyclic) bond motifs is 1. The zero-order valence-corrected chi connectivity index (χ0v) is 19.9. The number of β-lactam (4-membered cyclic amide) rings is 1. The van der Waals surface area contributed by atoms with E-state index in [0.29, 0.717) is 0 Å². The fourth-order valence-corrected chi connectivity index (χ4v) is 6.22. The Bertz CT molecular complexity index is 1020. The molecule has 0 radical (unpaired) electrons. The fourth-order valence-electron chi connectivity index (χ4n) is 3.93. The van der Waals surface area contributed by atoms with Crippen molar-refractivity contribution in [2.45, 2.75) is 29.7 Å². The highest BCUT2D eigenvalue weighted by Gasteiger charge is 2.63. The van der Waals surface area contributed by atoms with E-state index in [1.165, 1.54) is 24.3 Å². The summed E-state index contributed by atoms with van der Waals surface area (Å²) in [6.07, 6.45) is -1.93. The molecule has 14 nitrogen and oxygen atoms in total. The first-order valence-corrected chi connectivity index (χ1v) is 11.6. The molecule has 1 aromatic heterocycles. The van der Waals surface area contributed by atoms with Crippen molar-refractivity contribution in [3.63, 3.8) is 0 Å². The Balaban J connectivity index is 1.84. The molecule has 2 fully saturated rings. The number of amides is 2. The summed E-state index contributed by atoms with van der Waals surface area (Å²) in [6.45, 7) is 1.02. The zero-order valence-electron chi connectivity index (χ0n) is 18.3. The number of nitrogens with one attached hydrogen (secondary N) is 1. The molecule has 34 heavy (non-hydrogen) atoms. The molecule has 0 aliphatic carbocycles. The van der Waals surface area contributed by atoms with Crippen LogP contribution in [0.15, 0.2) is 10.5 Å². The molecule has 5 atom stereocenters. The van der Waals surface area contributed by atoms with E-state index in [1.54, 1.807) is 0 Å². The van der Waals surface area contributed by atoms with Gasteiger partial charge >= 0.3 is 12.1 Å². The molecular formula is C18H23N5O9S2. The highest BCUT2D eigenvalue weighted by Crippen LogP contribution is 2.49. The van der Waals surface area contributed by atoms with Gasteiger partial charge in [-0.1, -0.05) is 5.16 Å². The average molecular weight is 518 g/mol. The molecular weight excluding hydrogens is 494 g/mol. The minimum atomic E-state index is -1.59. The molecule has 0 spiro atoms. The van der Waals surface area contributed by atoms with Gasteiger partial charge in [0.1, 0.15) is 28.6 Å². The minimum Gasteiger partial charge on any atom is -0.481 e. The van der Waals surface area contributed by atoms with E-state index >= 15 is 0 Å². The number of ether oxygens (including phenoxy) is 3. The van der Waals surface area contributed by atoms with Crippen molar-refractivity contribution in [2.75, 3.05) is 33.1 Å². The average Bonchev–Trinajstić information content (AvgIpc) is 3.23. The summed E-state index contributed by atoms with van der Waals surface area (Å²) in [5.74, 6) is -2.63. The Morgan fingerprint density at radius 2 is 2.15 bits per heavy atom. The Hall–Kier alpha value is -3.11. The standard InChI is InChI=1S/C18H23N5O9S2/c1-7(32-17(28)31-3)11-18(6-30-2,15(26)27)5-23-13(25)10(14(23)34-11)21-12(24)9(22-29)8-4-33-16(19)20-8/h4,7,10-11,14,29H,5-6H2,1-3H3,(H2,19,20)(H,21,24)(H,26,27)/t7?,10?,11?,14-,18?/m1/s1. The largest absolute Gasteiger partial charge is 0.508 e. The van der Waals surface area contributed by atoms with E-state index in [0.717, 1.165) is 30.2 Å². The molecule has 0 saturated carbocycles. The summed E-state index contributed by atoms with van der Waals surface area (Å²) >= 11 is 2.09. The summed E-state index contributed by atoms with van der Waals surface area (Å²) < 4.78 is 14.9. The zero-order chi connectivity index (χ0) is 25.2. The molecule has 5 N–H and O–H groups in total. The lowest BCUT2D eigenvalue weighted by Crippen LogP contribution is -2.76. The van der Waals surface area contributed by atoms with Gasteiger partial charge in [0.2, 0.25) is 5.91 Å². The number of oxime groups is 1. The van der Waals surface area contributed by atoms with Crippen LogP contribution in [0.4, 0.5) is 9.93 Å². The molecule has 1 aromatic rings. The maximum absolute atomic E-state index is 12.8. The lowest BCUT2D eigenvalue weighted by Gasteiger charge is -2.57. The van der Waals surface area contributed by atoms with Crippen molar-refractivity contribution in [2.24, 2.45) is 10.6 Å². The van der Waals surface area contributed by atoms with Gasteiger partial charge in [-0.2, -0.15) is 0 Å². The van der Waals surface area contributed by atoms with Crippen LogP contribution in [0.3, 0.4) is 0 Å². The Morgan fingerprint density at radius 1 is 1.44 bits per heavy atom. The third-order valence-electron chi connectivity index (χ3n) is 5.49. The summed E-state index contributed by atoms with van der Waals surface area (Å²) in [4.78, 5) is 54.7. The van der Waals surface area contributed by atoms with Crippen molar-refractivity contribution in [1.29, 1.82) is 0 Å². The van der Waals surface area contributed by atoms with Crippen molar-refractivity contribution in [3.05, 3.63) is 11.1 Å². The molecule has 3 rings (SSSR count). The normalized spacial score (nSPS) is 27.3. The number of aromatic nitrogens is 1. The summed E-state index contributed by atoms with van der Waals surface area (Å²) in [7, 11) is 2.45. The first-order chi connectivity index (χ1) is 16.1. The van der Waals surface area contributed by atoms with Crippen LogP contribution in [0.1, 0.15) is 12.6 Å². The summed E-state index contributed by atoms with van der Waals surface area (Å²) in [6, 6.07) is -1.05. The van der Waals surface area contributed by atoms with E-state index in [-0.39, 0.29) is 24.0 Å². The van der Waals surface area contributed by atoms with Crippen LogP contribution in [-0.4, -0.2) is 100.0 Å². The number of hydrogen-bond donors (Lipinski definition) is 4. The van der Waals surface area contributed by atoms with E-state index in [1.807, 2.05) is 0 Å². The maximum atomic E-state index is 12.8. The third kappa shape index (κ3) is 4.47. The summed E-state index contributed by atoms with van der Waals surface area (Å²) in [5, 5.41) is 24.8. The van der Waals surface area contributed by atoms with Gasteiger partial charge < -0.3 is 40.5 Å². The molecule has 4 unspecified atom stereocenters. The van der Waals surface area contributed by atoms with E-state index in [2.05, 4.69) is 20.2 Å². The SMILES string of the molecule is COCC1(C(=O)O)CN2C(=O)C(NC(=O)C(=NO)c3csc(N)n3)[C@H]2SC1C(C)OC(=O)OC. The number of carbonyl (C=O) groups excluding carboxylic acids is 3. The predicted octanol–water partition coefficient (Wildman–Crippen LogP) is -0.439. The number of nitrogen functional groups attached to an aromatic ring is 1. The number of nitrogens with two attached hydrogens (primary N) is 1. The van der Waals surface area contributed by atoms with Crippen LogP contribution in [0.2, 0.25) is 0 Å². The van der Waals surface area contributed by atoms with Crippen molar-refractivity contribution >= 4 is 57.9 Å². The topological polar surface area (TPSA) is 203 Å². The second-order valence-corrected chi connectivity index (χ2v) is 9.71. The quantitative estimate of drug-likeness (QED) is 0.114. The molecule has 16 heteroatoms. The van der Waals surface area contributed by atoms with Gasteiger partial charge in [0.15, 0.2) is 10.8 Å². The fraction of sp³-hybridized carbons (Fsp3) is 0.556. The van der Waals surface area contributed by atoms with Gasteiger partial charge in [-0.3, -0.25) is 14.4 Å². The van der Waals surface area contributed by atoms with E-state index in [4.69, 9.17) is 15.2 Å². The van der Waals surface area contributed by atoms with Crippen LogP contribution < -0.4 is 11.1 Å². The number of aliphatic carboxylic acids is 1. The van der Waals surface area contributed by atoms with Gasteiger partial charge in [0, 0.05) is 19.0 Å². The first kappa shape index (κ1) is 25.5. The monoisotopic (exact) mass is 517 g/mol. The number of thioether (sulfide) groups is 1. The Morgan fingerprint density at radius 3 is 2.68 bits per heavy atom. The lowest BCUT2D eigenvalue weighted by atomic mass is 9.80. The predicted molar refractivity (Wildman–Crippen MR) is 119 cm³/mol. The number of hydrogen-bond acceptors (Lipinski definition) is 13. The Kier molecular flexibility index (Phi) is 7.52. The van der Waals surface area contributed by atoms with Crippen molar-refractivity contribution in [3.8, 4) is 0 Å².